The monoisotopic (exact) mass is 367 g/mol. The highest BCUT2D eigenvalue weighted by Crippen LogP contribution is 2.18. The van der Waals surface area contributed by atoms with Crippen molar-refractivity contribution in [1.82, 2.24) is 24.1 Å². The van der Waals surface area contributed by atoms with Crippen molar-refractivity contribution in [2.45, 2.75) is 18.6 Å². The molecule has 0 aliphatic heterocycles. The minimum Gasteiger partial charge on any atom is -0.497 e. The number of aryl methyl sites for hydroxylation is 1. The van der Waals surface area contributed by atoms with Gasteiger partial charge >= 0.3 is 0 Å². The van der Waals surface area contributed by atoms with Crippen molar-refractivity contribution in [3.8, 4) is 5.75 Å². The molecule has 132 valence electrons. The van der Waals surface area contributed by atoms with Crippen LogP contribution in [0.25, 0.3) is 16.7 Å². The highest BCUT2D eigenvalue weighted by molar-refractivity contribution is 7.98. The Morgan fingerprint density at radius 3 is 2.62 bits per heavy atom. The predicted octanol–water partition coefficient (Wildman–Crippen LogP) is 2.53. The number of aromatic nitrogens is 5. The molecule has 0 aliphatic rings. The summed E-state index contributed by atoms with van der Waals surface area (Å²) in [5, 5.41) is 5.61. The second-order valence-corrected chi connectivity index (χ2v) is 6.64. The van der Waals surface area contributed by atoms with E-state index in [1.54, 1.807) is 22.4 Å². The molecule has 0 N–H and O–H groups in total. The number of methoxy groups -OCH3 is 1. The lowest BCUT2D eigenvalue weighted by atomic mass is 10.2. The van der Waals surface area contributed by atoms with E-state index >= 15 is 0 Å². The van der Waals surface area contributed by atoms with Crippen LogP contribution in [-0.4, -0.2) is 37.5 Å². The van der Waals surface area contributed by atoms with Crippen molar-refractivity contribution in [1.29, 1.82) is 0 Å². The highest BCUT2D eigenvalue weighted by atomic mass is 32.2. The van der Waals surface area contributed by atoms with Gasteiger partial charge in [-0.3, -0.25) is 4.79 Å². The molecule has 0 saturated heterocycles. The van der Waals surface area contributed by atoms with Gasteiger partial charge in [-0.25, -0.2) is 4.98 Å². The van der Waals surface area contributed by atoms with E-state index in [9.17, 15) is 4.79 Å². The quantitative estimate of drug-likeness (QED) is 0.516. The van der Waals surface area contributed by atoms with Gasteiger partial charge in [-0.05, 0) is 36.9 Å². The van der Waals surface area contributed by atoms with Gasteiger partial charge in [0.25, 0.3) is 11.3 Å². The number of fused-ring (bicyclic) bond motifs is 3. The van der Waals surface area contributed by atoms with Crippen LogP contribution in [0, 0.1) is 6.92 Å². The van der Waals surface area contributed by atoms with Gasteiger partial charge in [0.15, 0.2) is 0 Å². The van der Waals surface area contributed by atoms with Crippen LogP contribution >= 0.6 is 11.8 Å². The molecule has 0 atom stereocenters. The lowest BCUT2D eigenvalue weighted by Gasteiger charge is -2.10. The van der Waals surface area contributed by atoms with E-state index in [1.807, 2.05) is 43.5 Å². The zero-order chi connectivity index (χ0) is 18.3. The number of hydrogen-bond donors (Lipinski definition) is 0. The van der Waals surface area contributed by atoms with Crippen LogP contribution in [0.1, 0.15) is 11.3 Å². The molecule has 0 bridgehead atoms. The number of benzene rings is 1. The number of ether oxygens (including phenoxy) is 1. The van der Waals surface area contributed by atoms with E-state index < -0.39 is 0 Å². The molecule has 8 heteroatoms. The highest BCUT2D eigenvalue weighted by Gasteiger charge is 2.14. The second-order valence-electron chi connectivity index (χ2n) is 5.86. The Morgan fingerprint density at radius 2 is 1.92 bits per heavy atom. The normalized spacial score (nSPS) is 11.3. The van der Waals surface area contributed by atoms with Gasteiger partial charge in [-0.1, -0.05) is 23.9 Å². The lowest BCUT2D eigenvalue weighted by molar-refractivity contribution is 0.414. The van der Waals surface area contributed by atoms with E-state index in [4.69, 9.17) is 4.74 Å². The fraction of sp³-hybridized carbons (Fsp3) is 0.222. The Balaban J connectivity index is 1.84. The molecule has 7 nitrogen and oxygen atoms in total. The molecular formula is C18H17N5O2S. The van der Waals surface area contributed by atoms with Crippen molar-refractivity contribution in [2.75, 3.05) is 13.4 Å². The number of nitrogens with zero attached hydrogens (tertiary/aromatic N) is 5. The summed E-state index contributed by atoms with van der Waals surface area (Å²) in [7, 11) is 1.63. The van der Waals surface area contributed by atoms with Crippen molar-refractivity contribution in [2.24, 2.45) is 0 Å². The Morgan fingerprint density at radius 1 is 1.15 bits per heavy atom. The van der Waals surface area contributed by atoms with Gasteiger partial charge < -0.3 is 9.30 Å². The molecule has 3 heterocycles. The largest absolute Gasteiger partial charge is 0.497 e. The minimum atomic E-state index is -0.0913. The van der Waals surface area contributed by atoms with Crippen molar-refractivity contribution >= 4 is 28.4 Å². The van der Waals surface area contributed by atoms with E-state index in [-0.39, 0.29) is 5.56 Å². The Bertz CT molecular complexity index is 1160. The topological polar surface area (TPSA) is 74.3 Å². The van der Waals surface area contributed by atoms with Gasteiger partial charge in [0.1, 0.15) is 5.75 Å². The molecule has 4 aromatic rings. The average Bonchev–Trinajstić information content (AvgIpc) is 3.07. The number of hydrogen-bond acceptors (Lipinski definition) is 6. The lowest BCUT2D eigenvalue weighted by Crippen LogP contribution is -2.22. The maximum absolute atomic E-state index is 13.0. The molecule has 0 unspecified atom stereocenters. The summed E-state index contributed by atoms with van der Waals surface area (Å²) in [5.74, 6) is 1.30. The Kier molecular flexibility index (Phi) is 4.12. The standard InChI is InChI=1S/C18H17N5O2S/c1-11-15-14(23-17(19-11)20-18(21-23)26-3)8-9-22(16(15)24)10-12-4-6-13(25-2)7-5-12/h4-9H,10H2,1-3H3. The van der Waals surface area contributed by atoms with E-state index in [2.05, 4.69) is 15.1 Å². The molecule has 0 radical (unpaired) electrons. The van der Waals surface area contributed by atoms with Gasteiger partial charge in [0, 0.05) is 6.20 Å². The first-order chi connectivity index (χ1) is 12.6. The number of thioether (sulfide) groups is 1. The summed E-state index contributed by atoms with van der Waals surface area (Å²) in [6, 6.07) is 9.56. The molecule has 26 heavy (non-hydrogen) atoms. The maximum atomic E-state index is 13.0. The van der Waals surface area contributed by atoms with Crippen LogP contribution in [0.2, 0.25) is 0 Å². The number of rotatable bonds is 4. The van der Waals surface area contributed by atoms with Crippen LogP contribution in [0.5, 0.6) is 5.75 Å². The van der Waals surface area contributed by atoms with Gasteiger partial charge in [-0.2, -0.15) is 9.50 Å². The predicted molar refractivity (Wildman–Crippen MR) is 101 cm³/mol. The SMILES string of the molecule is COc1ccc(Cn2ccc3c(c(C)nc4nc(SC)nn43)c2=O)cc1. The third kappa shape index (κ3) is 2.72. The Hall–Kier alpha value is -2.87. The summed E-state index contributed by atoms with van der Waals surface area (Å²) in [6.45, 7) is 2.30. The van der Waals surface area contributed by atoms with Gasteiger partial charge in [0.2, 0.25) is 5.16 Å². The first-order valence-electron chi connectivity index (χ1n) is 8.04. The molecule has 1 aromatic carbocycles. The molecular weight excluding hydrogens is 350 g/mol. The maximum Gasteiger partial charge on any atom is 0.262 e. The van der Waals surface area contributed by atoms with Crippen molar-refractivity contribution in [3.63, 3.8) is 0 Å². The Labute approximate surface area is 153 Å². The van der Waals surface area contributed by atoms with Crippen LogP contribution in [0.4, 0.5) is 0 Å². The summed E-state index contributed by atoms with van der Waals surface area (Å²) < 4.78 is 8.48. The molecule has 3 aromatic heterocycles. The fourth-order valence-electron chi connectivity index (χ4n) is 2.95. The molecule has 4 rings (SSSR count). The molecule has 0 spiro atoms. The summed E-state index contributed by atoms with van der Waals surface area (Å²) in [6.07, 6.45) is 3.69. The molecule has 0 amide bonds. The molecule has 0 aliphatic carbocycles. The zero-order valence-electron chi connectivity index (χ0n) is 14.6. The van der Waals surface area contributed by atoms with Gasteiger partial charge in [0.05, 0.1) is 30.3 Å². The minimum absolute atomic E-state index is 0.0913. The first kappa shape index (κ1) is 16.6. The van der Waals surface area contributed by atoms with Crippen LogP contribution in [0.15, 0.2) is 46.5 Å². The van der Waals surface area contributed by atoms with Crippen LogP contribution < -0.4 is 10.3 Å². The molecule has 0 fully saturated rings. The average molecular weight is 367 g/mol. The smallest absolute Gasteiger partial charge is 0.262 e. The van der Waals surface area contributed by atoms with E-state index in [0.717, 1.165) is 16.8 Å². The van der Waals surface area contributed by atoms with Crippen molar-refractivity contribution in [3.05, 3.63) is 58.1 Å². The van der Waals surface area contributed by atoms with Crippen molar-refractivity contribution < 1.29 is 4.74 Å². The van der Waals surface area contributed by atoms with E-state index in [0.29, 0.717) is 28.6 Å². The van der Waals surface area contributed by atoms with E-state index in [1.165, 1.54) is 11.8 Å². The van der Waals surface area contributed by atoms with Crippen LogP contribution in [0.3, 0.4) is 0 Å². The third-order valence-electron chi connectivity index (χ3n) is 4.27. The zero-order valence-corrected chi connectivity index (χ0v) is 15.4. The number of pyridine rings is 1. The second kappa shape index (κ2) is 6.45. The molecule has 0 saturated carbocycles. The fourth-order valence-corrected chi connectivity index (χ4v) is 3.28. The van der Waals surface area contributed by atoms with Gasteiger partial charge in [-0.15, -0.1) is 5.10 Å². The third-order valence-corrected chi connectivity index (χ3v) is 4.80. The summed E-state index contributed by atoms with van der Waals surface area (Å²) >= 11 is 1.44. The summed E-state index contributed by atoms with van der Waals surface area (Å²) in [5.41, 5.74) is 2.30. The van der Waals surface area contributed by atoms with Crippen LogP contribution in [-0.2, 0) is 6.54 Å². The first-order valence-corrected chi connectivity index (χ1v) is 9.26. The summed E-state index contributed by atoms with van der Waals surface area (Å²) in [4.78, 5) is 21.8.